The van der Waals surface area contributed by atoms with Gasteiger partial charge in [-0.15, -0.1) is 24.8 Å². The molecule has 2 fully saturated rings. The van der Waals surface area contributed by atoms with E-state index < -0.39 is 59.9 Å². The second kappa shape index (κ2) is 30.7. The van der Waals surface area contributed by atoms with Crippen molar-refractivity contribution < 1.29 is 38.4 Å². The number of likely N-dealkylation sites (N-methyl/N-ethyl adjacent to an activating group) is 2. The van der Waals surface area contributed by atoms with Crippen LogP contribution in [0, 0.1) is 11.8 Å². The Kier molecular flexibility index (Phi) is 23.9. The molecule has 2 heterocycles. The number of hydrogen-bond donors (Lipinski definition) is 8. The Labute approximate surface area is 493 Å². The Morgan fingerprint density at radius 3 is 1.27 bits per heavy atom. The van der Waals surface area contributed by atoms with Gasteiger partial charge in [0.15, 0.2) is 0 Å². The molecule has 18 nitrogen and oxygen atoms in total. The number of nitrogens with zero attached hydrogens (tertiary/aromatic N) is 2. The van der Waals surface area contributed by atoms with Gasteiger partial charge in [-0.3, -0.25) is 38.4 Å². The third-order valence-corrected chi connectivity index (χ3v) is 15.9. The molecule has 82 heavy (non-hydrogen) atoms. The molecule has 8 rings (SSSR count). The van der Waals surface area contributed by atoms with Gasteiger partial charge in [-0.2, -0.15) is 0 Å². The standard InChI is InChI=1S/C62H76N10O8.2ClH/c1-39(63-3)57(75)69-51(61(79)71-37-11-21-53(71)59(77)67-49-19-9-15-43-13-5-7-17-47(43)49)33-35-55(73)65-45-29-25-41(26-30-45)23-24-42-27-31-46(32-28-42)66-56(74)36-34-52(70-58(76)40(2)64-4)62(80)72-38-12-22-54(72)60(78)68-50-20-10-16-44-14-6-8-18-48(44)50;;/h5-8,13-14,17-18,25-32,39-40,49-54,63-64H,9-12,15-16,19-22,33-38H2,1-4H3,(H,65,73)(H,66,74)(H,67,77)(H,68,78)(H,69,75)(H,70,76);2*1H/t39-,40-,49+,50+,51-,52-,53-,54-;;/m0../s1. The fourth-order valence-electron chi connectivity index (χ4n) is 11.1. The van der Waals surface area contributed by atoms with Crippen molar-refractivity contribution in [3.05, 3.63) is 130 Å². The highest BCUT2D eigenvalue weighted by molar-refractivity contribution is 5.97. The van der Waals surface area contributed by atoms with Crippen molar-refractivity contribution >= 4 is 83.4 Å². The van der Waals surface area contributed by atoms with Gasteiger partial charge in [0.25, 0.3) is 0 Å². The number of fused-ring (bicyclic) bond motifs is 2. The van der Waals surface area contributed by atoms with Crippen molar-refractivity contribution in [1.82, 2.24) is 41.7 Å². The predicted octanol–water partition coefficient (Wildman–Crippen LogP) is 5.92. The lowest BCUT2D eigenvalue weighted by molar-refractivity contribution is -0.142. The molecule has 4 aromatic rings. The number of hydrogen-bond acceptors (Lipinski definition) is 10. The molecule has 438 valence electrons. The molecule has 0 saturated carbocycles. The molecule has 4 aliphatic rings. The van der Waals surface area contributed by atoms with E-state index in [1.54, 1.807) is 86.3 Å². The molecule has 8 atom stereocenters. The van der Waals surface area contributed by atoms with E-state index in [4.69, 9.17) is 0 Å². The maximum atomic E-state index is 14.2. The van der Waals surface area contributed by atoms with E-state index in [0.717, 1.165) is 49.7 Å². The van der Waals surface area contributed by atoms with Crippen LogP contribution < -0.4 is 42.5 Å². The number of benzene rings is 4. The molecular weight excluding hydrogens is 1080 g/mol. The van der Waals surface area contributed by atoms with Crippen LogP contribution in [0.2, 0.25) is 0 Å². The molecular formula is C62H78Cl2N10O8. The van der Waals surface area contributed by atoms with Crippen molar-refractivity contribution in [2.45, 2.75) is 152 Å². The lowest BCUT2D eigenvalue weighted by atomic mass is 9.87. The molecule has 0 aromatic heterocycles. The van der Waals surface area contributed by atoms with Crippen LogP contribution in [0.15, 0.2) is 97.1 Å². The molecule has 4 aromatic carbocycles. The van der Waals surface area contributed by atoms with Crippen LogP contribution in [-0.2, 0) is 51.2 Å². The first kappa shape index (κ1) is 63.9. The fraction of sp³-hybridized carbons (Fsp3) is 0.452. The van der Waals surface area contributed by atoms with Crippen LogP contribution in [0.1, 0.15) is 136 Å². The zero-order valence-electron chi connectivity index (χ0n) is 47.1. The fourth-order valence-corrected chi connectivity index (χ4v) is 11.1. The van der Waals surface area contributed by atoms with Crippen molar-refractivity contribution in [2.24, 2.45) is 0 Å². The highest BCUT2D eigenvalue weighted by Crippen LogP contribution is 2.32. The van der Waals surface area contributed by atoms with E-state index in [1.165, 1.54) is 11.1 Å². The number of amides is 8. The summed E-state index contributed by atoms with van der Waals surface area (Å²) in [5.41, 5.74) is 7.05. The van der Waals surface area contributed by atoms with Crippen molar-refractivity contribution in [3.63, 3.8) is 0 Å². The summed E-state index contributed by atoms with van der Waals surface area (Å²) in [6.45, 7) is 4.09. The smallest absolute Gasteiger partial charge is 0.245 e. The van der Waals surface area contributed by atoms with Gasteiger partial charge in [-0.05, 0) is 176 Å². The summed E-state index contributed by atoms with van der Waals surface area (Å²) in [4.78, 5) is 112. The second-order valence-electron chi connectivity index (χ2n) is 21.4. The molecule has 0 radical (unpaired) electrons. The van der Waals surface area contributed by atoms with Crippen LogP contribution in [-0.4, -0.2) is 120 Å². The summed E-state index contributed by atoms with van der Waals surface area (Å²) in [6, 6.07) is 25.3. The molecule has 2 aliphatic heterocycles. The Morgan fingerprint density at radius 2 is 0.890 bits per heavy atom. The Balaban J connectivity index is 0.00000541. The molecule has 0 spiro atoms. The minimum absolute atomic E-state index is 0. The monoisotopic (exact) mass is 1160 g/mol. The highest BCUT2D eigenvalue weighted by Gasteiger charge is 2.41. The number of likely N-dealkylation sites (tertiary alicyclic amines) is 2. The van der Waals surface area contributed by atoms with E-state index >= 15 is 0 Å². The quantitative estimate of drug-likeness (QED) is 0.0486. The Hall–Kier alpha value is -7.30. The number of rotatable bonds is 20. The normalized spacial score (nSPS) is 19.3. The first-order valence-corrected chi connectivity index (χ1v) is 28.3. The molecule has 0 unspecified atom stereocenters. The Bertz CT molecular complexity index is 2770. The van der Waals surface area contributed by atoms with Crippen molar-refractivity contribution in [2.75, 3.05) is 37.8 Å². The number of halogens is 2. The summed E-state index contributed by atoms with van der Waals surface area (Å²) in [5.74, 6) is 3.51. The number of anilines is 2. The van der Waals surface area contributed by atoms with Gasteiger partial charge in [-0.1, -0.05) is 60.4 Å². The molecule has 20 heteroatoms. The number of carbonyl (C=O) groups is 8. The first-order valence-electron chi connectivity index (χ1n) is 28.3. The van der Waals surface area contributed by atoms with E-state index in [9.17, 15) is 38.4 Å². The predicted molar refractivity (Wildman–Crippen MR) is 320 cm³/mol. The Morgan fingerprint density at radius 1 is 0.512 bits per heavy atom. The summed E-state index contributed by atoms with van der Waals surface area (Å²) in [7, 11) is 3.29. The number of carbonyl (C=O) groups excluding carboxylic acids is 8. The first-order chi connectivity index (χ1) is 38.7. The highest BCUT2D eigenvalue weighted by atomic mass is 35.5. The maximum Gasteiger partial charge on any atom is 0.245 e. The summed E-state index contributed by atoms with van der Waals surface area (Å²) in [5, 5.41) is 23.6. The summed E-state index contributed by atoms with van der Waals surface area (Å²) in [6.07, 6.45) is 7.66. The number of nitrogens with one attached hydrogen (secondary N) is 8. The summed E-state index contributed by atoms with van der Waals surface area (Å²) < 4.78 is 0. The zero-order valence-corrected chi connectivity index (χ0v) is 48.8. The molecule has 0 bridgehead atoms. The second-order valence-corrected chi connectivity index (χ2v) is 21.4. The lowest BCUT2D eigenvalue weighted by Crippen LogP contribution is -2.55. The van der Waals surface area contributed by atoms with Crippen LogP contribution in [0.25, 0.3) is 0 Å². The summed E-state index contributed by atoms with van der Waals surface area (Å²) >= 11 is 0. The van der Waals surface area contributed by atoms with E-state index in [1.807, 2.05) is 36.4 Å². The van der Waals surface area contributed by atoms with Gasteiger partial charge in [0.1, 0.15) is 24.2 Å². The van der Waals surface area contributed by atoms with Crippen molar-refractivity contribution in [1.29, 1.82) is 0 Å². The van der Waals surface area contributed by atoms with Crippen LogP contribution in [0.4, 0.5) is 11.4 Å². The topological polar surface area (TPSA) is 239 Å². The largest absolute Gasteiger partial charge is 0.347 e. The van der Waals surface area contributed by atoms with Gasteiger partial charge in [0.05, 0.1) is 24.2 Å². The molecule has 8 amide bonds. The SMILES string of the molecule is CN[C@@H](C)C(=O)N[C@@H](CCC(=O)Nc1ccc(C#Cc2ccc(NC(=O)CC[C@H](NC(=O)[C@H](C)NC)C(=O)N3CCC[C@H]3C(=O)N[C@@H]3CCCc4ccccc43)cc2)cc1)C(=O)N1CCC[C@H]1C(=O)N[C@@H]1CCCc2ccccc21.Cl.Cl. The van der Waals surface area contributed by atoms with Gasteiger partial charge in [0.2, 0.25) is 47.3 Å². The van der Waals surface area contributed by atoms with Gasteiger partial charge < -0.3 is 52.3 Å². The van der Waals surface area contributed by atoms with Gasteiger partial charge >= 0.3 is 0 Å². The van der Waals surface area contributed by atoms with Crippen LogP contribution in [0.3, 0.4) is 0 Å². The zero-order chi connectivity index (χ0) is 56.7. The number of aryl methyl sites for hydroxylation is 2. The average Bonchev–Trinajstić information content (AvgIpc) is 4.20. The van der Waals surface area contributed by atoms with E-state index in [-0.39, 0.29) is 86.2 Å². The third-order valence-electron chi connectivity index (χ3n) is 15.9. The minimum Gasteiger partial charge on any atom is -0.347 e. The molecule has 2 aliphatic carbocycles. The van der Waals surface area contributed by atoms with Crippen LogP contribution >= 0.6 is 24.8 Å². The lowest BCUT2D eigenvalue weighted by Gasteiger charge is -2.32. The van der Waals surface area contributed by atoms with Gasteiger partial charge in [0, 0.05) is 48.4 Å². The average molecular weight is 1160 g/mol. The van der Waals surface area contributed by atoms with E-state index in [0.29, 0.717) is 61.3 Å². The maximum absolute atomic E-state index is 14.2. The van der Waals surface area contributed by atoms with Crippen LogP contribution in [0.5, 0.6) is 0 Å². The molecule has 8 N–H and O–H groups in total. The minimum atomic E-state index is -1.03. The third kappa shape index (κ3) is 16.7. The van der Waals surface area contributed by atoms with Crippen molar-refractivity contribution in [3.8, 4) is 11.8 Å². The van der Waals surface area contributed by atoms with Gasteiger partial charge in [-0.25, -0.2) is 0 Å². The molecule has 2 saturated heterocycles. The van der Waals surface area contributed by atoms with E-state index in [2.05, 4.69) is 66.5 Å².